The molecule has 96 valence electrons. The van der Waals surface area contributed by atoms with Crippen LogP contribution in [0, 0.1) is 0 Å². The van der Waals surface area contributed by atoms with E-state index in [2.05, 4.69) is 47.8 Å². The predicted octanol–water partition coefficient (Wildman–Crippen LogP) is 6.48. The van der Waals surface area contributed by atoms with Crippen LogP contribution in [-0.4, -0.2) is 5.78 Å². The number of halogens is 3. The highest BCUT2D eigenvalue weighted by molar-refractivity contribution is 9.12. The van der Waals surface area contributed by atoms with Gasteiger partial charge in [0.05, 0.1) is 7.57 Å². The van der Waals surface area contributed by atoms with E-state index in [1.807, 2.05) is 29.6 Å². The molecule has 2 aromatic heterocycles. The summed E-state index contributed by atoms with van der Waals surface area (Å²) < 4.78 is 3.94. The zero-order valence-electron chi connectivity index (χ0n) is 9.25. The first-order chi connectivity index (χ1) is 9.08. The number of hydrogen-bond donors (Lipinski definition) is 0. The molecule has 0 fully saturated rings. The number of hydrogen-bond acceptors (Lipinski definition) is 3. The summed E-state index contributed by atoms with van der Waals surface area (Å²) in [5.41, 5.74) is 1.46. The van der Waals surface area contributed by atoms with Gasteiger partial charge in [0.1, 0.15) is 0 Å². The van der Waals surface area contributed by atoms with Crippen molar-refractivity contribution >= 4 is 86.3 Å². The molecule has 3 aromatic rings. The number of benzene rings is 1. The highest BCUT2D eigenvalue weighted by Crippen LogP contribution is 2.37. The monoisotopic (exact) mass is 478 g/mol. The van der Waals surface area contributed by atoms with E-state index in [4.69, 9.17) is 0 Å². The molecule has 0 amide bonds. The Hall–Kier alpha value is -0.0100. The molecular weight excluding hydrogens is 476 g/mol. The van der Waals surface area contributed by atoms with E-state index >= 15 is 0 Å². The van der Waals surface area contributed by atoms with Gasteiger partial charge in [-0.2, -0.15) is 0 Å². The Kier molecular flexibility index (Phi) is 3.97. The molecule has 0 unspecified atom stereocenters. The van der Waals surface area contributed by atoms with Crippen molar-refractivity contribution in [3.8, 4) is 0 Å². The smallest absolute Gasteiger partial charge is 0.196 e. The van der Waals surface area contributed by atoms with E-state index < -0.39 is 0 Å². The Morgan fingerprint density at radius 1 is 1.11 bits per heavy atom. The maximum atomic E-state index is 12.6. The van der Waals surface area contributed by atoms with E-state index in [-0.39, 0.29) is 5.78 Å². The van der Waals surface area contributed by atoms with Gasteiger partial charge in [0, 0.05) is 31.1 Å². The van der Waals surface area contributed by atoms with Crippen LogP contribution in [-0.2, 0) is 0 Å². The van der Waals surface area contributed by atoms with E-state index in [0.29, 0.717) is 5.56 Å². The van der Waals surface area contributed by atoms with Gasteiger partial charge in [-0.05, 0) is 59.9 Å². The van der Waals surface area contributed by atoms with Gasteiger partial charge in [0.2, 0.25) is 0 Å². The zero-order valence-corrected chi connectivity index (χ0v) is 15.6. The Morgan fingerprint density at radius 2 is 1.89 bits per heavy atom. The van der Waals surface area contributed by atoms with Crippen molar-refractivity contribution in [2.75, 3.05) is 0 Å². The van der Waals surface area contributed by atoms with Crippen molar-refractivity contribution in [3.05, 3.63) is 52.8 Å². The molecule has 2 heterocycles. The molecule has 0 aliphatic carbocycles. The average Bonchev–Trinajstić information content (AvgIpc) is 2.93. The van der Waals surface area contributed by atoms with E-state index in [1.54, 1.807) is 11.3 Å². The van der Waals surface area contributed by atoms with Gasteiger partial charge in [-0.15, -0.1) is 22.7 Å². The third-order valence-corrected chi connectivity index (χ3v) is 6.99. The molecule has 0 aliphatic rings. The van der Waals surface area contributed by atoms with E-state index in [9.17, 15) is 4.79 Å². The second kappa shape index (κ2) is 5.41. The van der Waals surface area contributed by atoms with E-state index in [1.165, 1.54) is 11.3 Å². The number of rotatable bonds is 2. The summed E-state index contributed by atoms with van der Waals surface area (Å²) in [6.07, 6.45) is 0. The number of fused-ring (bicyclic) bond motifs is 1. The molecule has 0 aliphatic heterocycles. The molecule has 0 saturated heterocycles. The maximum absolute atomic E-state index is 12.6. The summed E-state index contributed by atoms with van der Waals surface area (Å²) in [4.78, 5) is 12.6. The first-order valence-corrected chi connectivity index (χ1v) is 9.30. The molecule has 0 bridgehead atoms. The minimum Gasteiger partial charge on any atom is -0.288 e. The number of carbonyl (C=O) groups is 1. The lowest BCUT2D eigenvalue weighted by Crippen LogP contribution is -1.98. The molecule has 6 heteroatoms. The average molecular weight is 481 g/mol. The second-order valence-corrected chi connectivity index (χ2v) is 9.32. The SMILES string of the molecule is O=C(c1cc(Br)sc1Br)c1csc2c(Br)cccc12. The molecule has 0 spiro atoms. The Bertz CT molecular complexity index is 788. The Balaban J connectivity index is 2.17. The summed E-state index contributed by atoms with van der Waals surface area (Å²) in [5, 5.41) is 2.93. The third-order valence-electron chi connectivity index (χ3n) is 2.70. The molecule has 0 radical (unpaired) electrons. The molecule has 0 saturated carbocycles. The van der Waals surface area contributed by atoms with Crippen LogP contribution in [0.25, 0.3) is 10.1 Å². The summed E-state index contributed by atoms with van der Waals surface area (Å²) in [7, 11) is 0. The van der Waals surface area contributed by atoms with Crippen molar-refractivity contribution in [1.82, 2.24) is 0 Å². The van der Waals surface area contributed by atoms with Crippen LogP contribution >= 0.6 is 70.5 Å². The summed E-state index contributed by atoms with van der Waals surface area (Å²) in [5.74, 6) is 0.0539. The molecular formula is C13H5Br3OS2. The minimum absolute atomic E-state index is 0.0539. The lowest BCUT2D eigenvalue weighted by Gasteiger charge is -1.98. The molecule has 19 heavy (non-hydrogen) atoms. The quantitative estimate of drug-likeness (QED) is 0.383. The normalized spacial score (nSPS) is 11.1. The van der Waals surface area contributed by atoms with Gasteiger partial charge in [0.25, 0.3) is 0 Å². The van der Waals surface area contributed by atoms with Crippen LogP contribution in [0.5, 0.6) is 0 Å². The predicted molar refractivity (Wildman–Crippen MR) is 92.7 cm³/mol. The molecule has 1 nitrogen and oxygen atoms in total. The molecule has 3 rings (SSSR count). The van der Waals surface area contributed by atoms with Crippen LogP contribution in [0.2, 0.25) is 0 Å². The van der Waals surface area contributed by atoms with Crippen molar-refractivity contribution < 1.29 is 4.79 Å². The number of ketones is 1. The van der Waals surface area contributed by atoms with Gasteiger partial charge in [-0.25, -0.2) is 0 Å². The fraction of sp³-hybridized carbons (Fsp3) is 0. The summed E-state index contributed by atoms with van der Waals surface area (Å²) in [6.45, 7) is 0. The van der Waals surface area contributed by atoms with Gasteiger partial charge in [0.15, 0.2) is 5.78 Å². The highest BCUT2D eigenvalue weighted by atomic mass is 79.9. The number of thiophene rings is 2. The fourth-order valence-corrected chi connectivity index (χ4v) is 6.23. The standard InChI is InChI=1S/C13H5Br3OS2/c14-9-3-1-2-6-8(5-18-12(6)9)11(17)7-4-10(15)19-13(7)16/h1-5H. The second-order valence-electron chi connectivity index (χ2n) is 3.83. The highest BCUT2D eigenvalue weighted by Gasteiger charge is 2.19. The van der Waals surface area contributed by atoms with Crippen molar-refractivity contribution in [2.24, 2.45) is 0 Å². The Labute approximate surface area is 143 Å². The molecule has 1 aromatic carbocycles. The van der Waals surface area contributed by atoms with Crippen molar-refractivity contribution in [2.45, 2.75) is 0 Å². The first-order valence-electron chi connectivity index (χ1n) is 5.23. The van der Waals surface area contributed by atoms with Gasteiger partial charge >= 0.3 is 0 Å². The maximum Gasteiger partial charge on any atom is 0.196 e. The topological polar surface area (TPSA) is 17.1 Å². The van der Waals surface area contributed by atoms with E-state index in [0.717, 1.165) is 27.7 Å². The van der Waals surface area contributed by atoms with Crippen LogP contribution in [0.3, 0.4) is 0 Å². The summed E-state index contributed by atoms with van der Waals surface area (Å²) >= 11 is 13.5. The van der Waals surface area contributed by atoms with Crippen LogP contribution in [0.1, 0.15) is 15.9 Å². The molecule has 0 atom stereocenters. The minimum atomic E-state index is 0.0539. The first kappa shape index (κ1) is 13.9. The Morgan fingerprint density at radius 3 is 2.58 bits per heavy atom. The van der Waals surface area contributed by atoms with Gasteiger partial charge in [-0.3, -0.25) is 4.79 Å². The summed E-state index contributed by atoms with van der Waals surface area (Å²) in [6, 6.07) is 7.79. The largest absolute Gasteiger partial charge is 0.288 e. The van der Waals surface area contributed by atoms with Crippen LogP contribution in [0.15, 0.2) is 41.7 Å². The number of carbonyl (C=O) groups excluding carboxylic acids is 1. The lowest BCUT2D eigenvalue weighted by atomic mass is 10.1. The molecule has 0 N–H and O–H groups in total. The van der Waals surface area contributed by atoms with Gasteiger partial charge < -0.3 is 0 Å². The van der Waals surface area contributed by atoms with Crippen molar-refractivity contribution in [3.63, 3.8) is 0 Å². The lowest BCUT2D eigenvalue weighted by molar-refractivity contribution is 0.104. The van der Waals surface area contributed by atoms with Crippen molar-refractivity contribution in [1.29, 1.82) is 0 Å². The fourth-order valence-electron chi connectivity index (χ4n) is 1.84. The van der Waals surface area contributed by atoms with Crippen LogP contribution in [0.4, 0.5) is 0 Å². The third kappa shape index (κ3) is 2.49. The van der Waals surface area contributed by atoms with Crippen LogP contribution < -0.4 is 0 Å². The zero-order chi connectivity index (χ0) is 13.6. The van der Waals surface area contributed by atoms with Gasteiger partial charge in [-0.1, -0.05) is 12.1 Å².